The van der Waals surface area contributed by atoms with Crippen molar-refractivity contribution in [3.63, 3.8) is 0 Å². The lowest BCUT2D eigenvalue weighted by Crippen LogP contribution is -2.46. The van der Waals surface area contributed by atoms with Gasteiger partial charge in [0.15, 0.2) is 0 Å². The van der Waals surface area contributed by atoms with Gasteiger partial charge in [-0.2, -0.15) is 0 Å². The highest BCUT2D eigenvalue weighted by molar-refractivity contribution is 5.94. The number of likely N-dealkylation sites (N-methyl/N-ethyl adjacent to an activating group) is 1. The summed E-state index contributed by atoms with van der Waals surface area (Å²) in [5, 5.41) is 2.96. The average molecular weight is 353 g/mol. The lowest BCUT2D eigenvalue weighted by atomic mass is 9.85. The number of nitrogens with one attached hydrogen (secondary N) is 1. The highest BCUT2D eigenvalue weighted by Crippen LogP contribution is 2.35. The van der Waals surface area contributed by atoms with E-state index in [1.54, 1.807) is 6.26 Å². The van der Waals surface area contributed by atoms with Gasteiger partial charge in [0, 0.05) is 37.8 Å². The Morgan fingerprint density at radius 2 is 2.08 bits per heavy atom. The monoisotopic (exact) mass is 353 g/mol. The second kappa shape index (κ2) is 7.64. The van der Waals surface area contributed by atoms with E-state index in [1.165, 1.54) is 24.0 Å². The third-order valence-corrected chi connectivity index (χ3v) is 5.67. The summed E-state index contributed by atoms with van der Waals surface area (Å²) in [5.41, 5.74) is 3.51. The molecule has 0 radical (unpaired) electrons. The van der Waals surface area contributed by atoms with Crippen LogP contribution in [0.25, 0.3) is 0 Å². The Morgan fingerprint density at radius 3 is 2.85 bits per heavy atom. The first kappa shape index (κ1) is 17.3. The Bertz CT molecular complexity index is 749. The number of nitrogens with zero attached hydrogens (tertiary/aromatic N) is 2. The van der Waals surface area contributed by atoms with Gasteiger partial charge in [-0.1, -0.05) is 6.07 Å². The molecule has 0 bridgehead atoms. The Balaban J connectivity index is 1.50. The molecule has 1 atom stereocenters. The lowest BCUT2D eigenvalue weighted by molar-refractivity contribution is 0.0944. The van der Waals surface area contributed by atoms with E-state index in [0.717, 1.165) is 43.9 Å². The van der Waals surface area contributed by atoms with Gasteiger partial charge < -0.3 is 14.6 Å². The molecule has 2 aliphatic rings. The summed E-state index contributed by atoms with van der Waals surface area (Å²) in [5.74, 6) is 0.735. The van der Waals surface area contributed by atoms with Gasteiger partial charge in [-0.25, -0.2) is 0 Å². The van der Waals surface area contributed by atoms with E-state index >= 15 is 0 Å². The predicted octanol–water partition coefficient (Wildman–Crippen LogP) is 2.83. The van der Waals surface area contributed by atoms with E-state index in [0.29, 0.717) is 12.6 Å². The van der Waals surface area contributed by atoms with E-state index in [4.69, 9.17) is 4.42 Å². The highest BCUT2D eigenvalue weighted by atomic mass is 16.3. The zero-order valence-electron chi connectivity index (χ0n) is 15.4. The molecule has 138 valence electrons. The molecule has 0 spiro atoms. The molecule has 5 nitrogen and oxygen atoms in total. The predicted molar refractivity (Wildman–Crippen MR) is 101 cm³/mol. The Labute approximate surface area is 155 Å². The van der Waals surface area contributed by atoms with Crippen LogP contribution in [0.1, 0.15) is 46.1 Å². The molecule has 1 aromatic carbocycles. The molecule has 1 saturated heterocycles. The van der Waals surface area contributed by atoms with Gasteiger partial charge in [-0.05, 0) is 61.7 Å². The highest BCUT2D eigenvalue weighted by Gasteiger charge is 2.28. The normalized spacial score (nSPS) is 21.3. The molecule has 1 N–H and O–H groups in total. The molecule has 2 aromatic rings. The minimum atomic E-state index is -0.0353. The van der Waals surface area contributed by atoms with Crippen LogP contribution in [-0.2, 0) is 13.0 Å². The van der Waals surface area contributed by atoms with Crippen LogP contribution < -0.4 is 5.32 Å². The zero-order chi connectivity index (χ0) is 17.9. The number of hydrogen-bond donors (Lipinski definition) is 1. The van der Waals surface area contributed by atoms with Crippen LogP contribution in [0.5, 0.6) is 0 Å². The second-order valence-electron chi connectivity index (χ2n) is 7.42. The summed E-state index contributed by atoms with van der Waals surface area (Å²) in [4.78, 5) is 17.6. The number of carbonyl (C=O) groups is 1. The summed E-state index contributed by atoms with van der Waals surface area (Å²) in [6, 6.07) is 10.4. The molecule has 5 heteroatoms. The molecule has 1 unspecified atom stereocenters. The fraction of sp³-hybridized carbons (Fsp3) is 0.476. The SMILES string of the molecule is CN1CCN(C2CCCc3ccc(C(=O)NCc4ccco4)cc32)CC1. The zero-order valence-corrected chi connectivity index (χ0v) is 15.4. The first-order valence-electron chi connectivity index (χ1n) is 9.57. The molecule has 1 aliphatic carbocycles. The maximum atomic E-state index is 12.6. The van der Waals surface area contributed by atoms with Gasteiger partial charge in [-0.15, -0.1) is 0 Å². The summed E-state index contributed by atoms with van der Waals surface area (Å²) in [7, 11) is 2.19. The fourth-order valence-electron chi connectivity index (χ4n) is 4.11. The largest absolute Gasteiger partial charge is 0.467 e. The van der Waals surface area contributed by atoms with Gasteiger partial charge in [-0.3, -0.25) is 9.69 Å². The van der Waals surface area contributed by atoms with E-state index in [2.05, 4.69) is 34.3 Å². The summed E-state index contributed by atoms with van der Waals surface area (Å²) < 4.78 is 5.29. The number of benzene rings is 1. The van der Waals surface area contributed by atoms with Crippen molar-refractivity contribution in [2.45, 2.75) is 31.8 Å². The molecule has 1 aliphatic heterocycles. The van der Waals surface area contributed by atoms with Crippen LogP contribution in [0, 0.1) is 0 Å². The molecular formula is C21H27N3O2. The molecule has 4 rings (SSSR count). The number of rotatable bonds is 4. The molecule has 0 saturated carbocycles. The third-order valence-electron chi connectivity index (χ3n) is 5.67. The van der Waals surface area contributed by atoms with Crippen LogP contribution in [-0.4, -0.2) is 48.9 Å². The number of amides is 1. The summed E-state index contributed by atoms with van der Waals surface area (Å²) >= 11 is 0. The summed E-state index contributed by atoms with van der Waals surface area (Å²) in [6.07, 6.45) is 5.16. The first-order valence-corrected chi connectivity index (χ1v) is 9.57. The minimum Gasteiger partial charge on any atom is -0.467 e. The van der Waals surface area contributed by atoms with Crippen LogP contribution in [0.3, 0.4) is 0 Å². The molecule has 1 fully saturated rings. The number of fused-ring (bicyclic) bond motifs is 1. The molecule has 2 heterocycles. The maximum absolute atomic E-state index is 12.6. The van der Waals surface area contributed by atoms with Crippen molar-refractivity contribution in [3.05, 3.63) is 59.0 Å². The van der Waals surface area contributed by atoms with E-state index < -0.39 is 0 Å². The maximum Gasteiger partial charge on any atom is 0.251 e. The standard InChI is InChI=1S/C21H27N3O2/c1-23-9-11-24(12-10-23)20-6-2-4-16-7-8-17(14-19(16)20)21(25)22-15-18-5-3-13-26-18/h3,5,7-8,13-14,20H,2,4,6,9-12,15H2,1H3,(H,22,25). The first-order chi connectivity index (χ1) is 12.7. The van der Waals surface area contributed by atoms with Crippen molar-refractivity contribution in [3.8, 4) is 0 Å². The quantitative estimate of drug-likeness (QED) is 0.918. The van der Waals surface area contributed by atoms with Gasteiger partial charge >= 0.3 is 0 Å². The molecule has 1 aromatic heterocycles. The van der Waals surface area contributed by atoms with Crippen LogP contribution in [0.4, 0.5) is 0 Å². The van der Waals surface area contributed by atoms with Crippen LogP contribution in [0.2, 0.25) is 0 Å². The third kappa shape index (κ3) is 3.69. The van der Waals surface area contributed by atoms with E-state index in [1.807, 2.05) is 18.2 Å². The summed E-state index contributed by atoms with van der Waals surface area (Å²) in [6.45, 7) is 4.88. The van der Waals surface area contributed by atoms with Crippen LogP contribution in [0.15, 0.2) is 41.0 Å². The van der Waals surface area contributed by atoms with Gasteiger partial charge in [0.1, 0.15) is 5.76 Å². The minimum absolute atomic E-state index is 0.0353. The smallest absolute Gasteiger partial charge is 0.251 e. The van der Waals surface area contributed by atoms with E-state index in [9.17, 15) is 4.79 Å². The van der Waals surface area contributed by atoms with Crippen molar-refractivity contribution in [1.29, 1.82) is 0 Å². The number of furan rings is 1. The Morgan fingerprint density at radius 1 is 1.23 bits per heavy atom. The number of hydrogen-bond acceptors (Lipinski definition) is 4. The van der Waals surface area contributed by atoms with Crippen molar-refractivity contribution >= 4 is 5.91 Å². The molecule has 26 heavy (non-hydrogen) atoms. The fourth-order valence-corrected chi connectivity index (χ4v) is 4.11. The van der Waals surface area contributed by atoms with Crippen LogP contribution >= 0.6 is 0 Å². The van der Waals surface area contributed by atoms with Gasteiger partial charge in [0.25, 0.3) is 5.91 Å². The Hall–Kier alpha value is -2.11. The Kier molecular flexibility index (Phi) is 5.09. The molecule has 1 amide bonds. The average Bonchev–Trinajstić information content (AvgIpc) is 3.19. The topological polar surface area (TPSA) is 48.7 Å². The van der Waals surface area contributed by atoms with Gasteiger partial charge in [0.05, 0.1) is 12.8 Å². The second-order valence-corrected chi connectivity index (χ2v) is 7.42. The van der Waals surface area contributed by atoms with Crippen molar-refractivity contribution in [1.82, 2.24) is 15.1 Å². The lowest BCUT2D eigenvalue weighted by Gasteiger charge is -2.40. The van der Waals surface area contributed by atoms with Crippen molar-refractivity contribution in [2.75, 3.05) is 33.2 Å². The number of carbonyl (C=O) groups excluding carboxylic acids is 1. The van der Waals surface area contributed by atoms with Crippen molar-refractivity contribution < 1.29 is 9.21 Å². The molecular weight excluding hydrogens is 326 g/mol. The van der Waals surface area contributed by atoms with Gasteiger partial charge in [0.2, 0.25) is 0 Å². The van der Waals surface area contributed by atoms with E-state index in [-0.39, 0.29) is 5.91 Å². The van der Waals surface area contributed by atoms with Crippen molar-refractivity contribution in [2.24, 2.45) is 0 Å². The number of piperazine rings is 1. The number of aryl methyl sites for hydroxylation is 1.